The fraction of sp³-hybridized carbons (Fsp3) is 0.333. The standard InChI is InChI=1S/C12H14N2O4/c1-5(15)7-4-9(12(17)18)14-10-6(7)2-3-8(13)11(10)16/h2-5,8,11,15-16H,13H2,1H3,(H,17,18)/t5-,8+,11-/m0/s1. The van der Waals surface area contributed by atoms with Gasteiger partial charge in [0.25, 0.3) is 0 Å². The number of aliphatic hydroxyl groups excluding tert-OH is 2. The number of hydrogen-bond acceptors (Lipinski definition) is 5. The van der Waals surface area contributed by atoms with Crippen molar-refractivity contribution in [1.29, 1.82) is 0 Å². The molecule has 0 aromatic carbocycles. The number of carboxylic acids is 1. The van der Waals surface area contributed by atoms with Crippen LogP contribution in [0.3, 0.4) is 0 Å². The van der Waals surface area contributed by atoms with E-state index in [1.165, 1.54) is 13.0 Å². The molecule has 3 atom stereocenters. The van der Waals surface area contributed by atoms with E-state index >= 15 is 0 Å². The summed E-state index contributed by atoms with van der Waals surface area (Å²) in [6.45, 7) is 1.52. The lowest BCUT2D eigenvalue weighted by Crippen LogP contribution is -2.30. The van der Waals surface area contributed by atoms with Gasteiger partial charge in [0.2, 0.25) is 0 Å². The molecule has 96 valence electrons. The van der Waals surface area contributed by atoms with E-state index in [9.17, 15) is 15.0 Å². The molecule has 1 aromatic rings. The molecule has 0 saturated heterocycles. The second-order valence-electron chi connectivity index (χ2n) is 4.26. The van der Waals surface area contributed by atoms with E-state index in [0.29, 0.717) is 11.1 Å². The molecule has 0 spiro atoms. The van der Waals surface area contributed by atoms with Crippen molar-refractivity contribution in [1.82, 2.24) is 4.98 Å². The first-order valence-corrected chi connectivity index (χ1v) is 5.50. The second kappa shape index (κ2) is 4.49. The number of aliphatic hydroxyl groups is 2. The van der Waals surface area contributed by atoms with Gasteiger partial charge in [0.15, 0.2) is 0 Å². The number of carboxylic acid groups (broad SMARTS) is 1. The third-order valence-corrected chi connectivity index (χ3v) is 2.92. The van der Waals surface area contributed by atoms with E-state index in [1.807, 2.05) is 0 Å². The molecule has 0 radical (unpaired) electrons. The van der Waals surface area contributed by atoms with E-state index in [-0.39, 0.29) is 11.4 Å². The summed E-state index contributed by atoms with van der Waals surface area (Å²) >= 11 is 0. The van der Waals surface area contributed by atoms with Crippen molar-refractivity contribution in [2.75, 3.05) is 0 Å². The van der Waals surface area contributed by atoms with Crippen molar-refractivity contribution in [3.05, 3.63) is 34.7 Å². The Morgan fingerprint density at radius 1 is 1.56 bits per heavy atom. The molecule has 0 fully saturated rings. The molecule has 1 aliphatic carbocycles. The average Bonchev–Trinajstić information content (AvgIpc) is 2.32. The quantitative estimate of drug-likeness (QED) is 0.596. The predicted octanol–water partition coefficient (Wildman–Crippen LogP) is 0.221. The minimum Gasteiger partial charge on any atom is -0.477 e. The third-order valence-electron chi connectivity index (χ3n) is 2.92. The highest BCUT2D eigenvalue weighted by Gasteiger charge is 2.27. The first kappa shape index (κ1) is 12.7. The Morgan fingerprint density at radius 2 is 2.22 bits per heavy atom. The van der Waals surface area contributed by atoms with Crippen LogP contribution in [0.15, 0.2) is 12.1 Å². The number of nitrogens with zero attached hydrogens (tertiary/aromatic N) is 1. The van der Waals surface area contributed by atoms with Gasteiger partial charge in [0.05, 0.1) is 17.8 Å². The smallest absolute Gasteiger partial charge is 0.354 e. The van der Waals surface area contributed by atoms with Crippen LogP contribution in [0.25, 0.3) is 6.08 Å². The summed E-state index contributed by atoms with van der Waals surface area (Å²) in [5.74, 6) is -1.21. The Balaban J connectivity index is 2.68. The molecular weight excluding hydrogens is 236 g/mol. The average molecular weight is 250 g/mol. The Hall–Kier alpha value is -1.76. The van der Waals surface area contributed by atoms with Gasteiger partial charge in [-0.25, -0.2) is 9.78 Å². The number of rotatable bonds is 2. The molecule has 6 heteroatoms. The van der Waals surface area contributed by atoms with Crippen LogP contribution in [0.4, 0.5) is 0 Å². The van der Waals surface area contributed by atoms with E-state index in [4.69, 9.17) is 10.8 Å². The Bertz CT molecular complexity index is 525. The van der Waals surface area contributed by atoms with Gasteiger partial charge in [0, 0.05) is 5.56 Å². The Kier molecular flexibility index (Phi) is 3.16. The maximum absolute atomic E-state index is 11.0. The molecule has 0 aliphatic heterocycles. The van der Waals surface area contributed by atoms with Crippen LogP contribution in [0.1, 0.15) is 46.4 Å². The van der Waals surface area contributed by atoms with Crippen molar-refractivity contribution in [3.8, 4) is 0 Å². The van der Waals surface area contributed by atoms with Crippen LogP contribution in [0.2, 0.25) is 0 Å². The largest absolute Gasteiger partial charge is 0.477 e. The molecular formula is C12H14N2O4. The highest BCUT2D eigenvalue weighted by Crippen LogP contribution is 2.31. The fourth-order valence-corrected chi connectivity index (χ4v) is 1.95. The molecule has 0 saturated carbocycles. The molecule has 2 rings (SSSR count). The molecule has 0 bridgehead atoms. The second-order valence-corrected chi connectivity index (χ2v) is 4.26. The minimum atomic E-state index is -1.21. The van der Waals surface area contributed by atoms with Gasteiger partial charge < -0.3 is 21.1 Å². The topological polar surface area (TPSA) is 117 Å². The van der Waals surface area contributed by atoms with Gasteiger partial charge >= 0.3 is 5.97 Å². The van der Waals surface area contributed by atoms with Gasteiger partial charge in [-0.1, -0.05) is 12.2 Å². The van der Waals surface area contributed by atoms with Crippen molar-refractivity contribution in [2.24, 2.45) is 5.73 Å². The molecule has 18 heavy (non-hydrogen) atoms. The number of aromatic carboxylic acids is 1. The van der Waals surface area contributed by atoms with Gasteiger partial charge in [0.1, 0.15) is 11.8 Å². The first-order chi connectivity index (χ1) is 8.41. The summed E-state index contributed by atoms with van der Waals surface area (Å²) in [5, 5.41) is 28.6. The lowest BCUT2D eigenvalue weighted by molar-refractivity contribution is 0.0688. The zero-order chi connectivity index (χ0) is 13.4. The van der Waals surface area contributed by atoms with Crippen molar-refractivity contribution >= 4 is 12.0 Å². The first-order valence-electron chi connectivity index (χ1n) is 5.50. The Morgan fingerprint density at radius 3 is 2.78 bits per heavy atom. The molecule has 1 aliphatic rings. The van der Waals surface area contributed by atoms with Crippen LogP contribution in [0.5, 0.6) is 0 Å². The number of nitrogens with two attached hydrogens (primary N) is 1. The predicted molar refractivity (Wildman–Crippen MR) is 63.8 cm³/mol. The highest BCUT2D eigenvalue weighted by atomic mass is 16.4. The van der Waals surface area contributed by atoms with Crippen molar-refractivity contribution in [3.63, 3.8) is 0 Å². The molecule has 6 nitrogen and oxygen atoms in total. The maximum Gasteiger partial charge on any atom is 0.354 e. The van der Waals surface area contributed by atoms with E-state index in [0.717, 1.165) is 0 Å². The van der Waals surface area contributed by atoms with Crippen LogP contribution < -0.4 is 5.73 Å². The van der Waals surface area contributed by atoms with Gasteiger partial charge in [-0.2, -0.15) is 0 Å². The number of aromatic nitrogens is 1. The SMILES string of the molecule is C[C@H](O)c1cc(C(=O)O)nc2c1C=C[C@@H](N)[C@@H]2O. The lowest BCUT2D eigenvalue weighted by Gasteiger charge is -2.24. The third kappa shape index (κ3) is 2.01. The summed E-state index contributed by atoms with van der Waals surface area (Å²) in [4.78, 5) is 14.9. The summed E-state index contributed by atoms with van der Waals surface area (Å²) in [5.41, 5.74) is 6.59. The fourth-order valence-electron chi connectivity index (χ4n) is 1.95. The van der Waals surface area contributed by atoms with Crippen LogP contribution in [-0.2, 0) is 0 Å². The summed E-state index contributed by atoms with van der Waals surface area (Å²) in [7, 11) is 0. The number of carbonyl (C=O) groups is 1. The minimum absolute atomic E-state index is 0.195. The maximum atomic E-state index is 11.0. The molecule has 0 unspecified atom stereocenters. The van der Waals surface area contributed by atoms with E-state index < -0.39 is 24.2 Å². The summed E-state index contributed by atoms with van der Waals surface area (Å²) < 4.78 is 0. The zero-order valence-corrected chi connectivity index (χ0v) is 9.74. The van der Waals surface area contributed by atoms with Crippen LogP contribution >= 0.6 is 0 Å². The van der Waals surface area contributed by atoms with E-state index in [1.54, 1.807) is 12.2 Å². The molecule has 1 aromatic heterocycles. The number of fused-ring (bicyclic) bond motifs is 1. The van der Waals surface area contributed by atoms with Gasteiger partial charge in [-0.05, 0) is 18.6 Å². The Labute approximate surface area is 103 Å². The zero-order valence-electron chi connectivity index (χ0n) is 9.74. The number of pyridine rings is 1. The lowest BCUT2D eigenvalue weighted by atomic mass is 9.91. The monoisotopic (exact) mass is 250 g/mol. The van der Waals surface area contributed by atoms with Crippen molar-refractivity contribution < 1.29 is 20.1 Å². The van der Waals surface area contributed by atoms with Crippen LogP contribution in [0, 0.1) is 0 Å². The normalized spacial score (nSPS) is 23.6. The van der Waals surface area contributed by atoms with Gasteiger partial charge in [-0.15, -0.1) is 0 Å². The number of hydrogen-bond donors (Lipinski definition) is 4. The highest BCUT2D eigenvalue weighted by molar-refractivity contribution is 5.86. The molecule has 1 heterocycles. The van der Waals surface area contributed by atoms with Gasteiger partial charge in [-0.3, -0.25) is 0 Å². The molecule has 0 amide bonds. The summed E-state index contributed by atoms with van der Waals surface area (Å²) in [6, 6.07) is 0.676. The molecule has 5 N–H and O–H groups in total. The van der Waals surface area contributed by atoms with Crippen LogP contribution in [-0.4, -0.2) is 32.3 Å². The van der Waals surface area contributed by atoms with E-state index in [2.05, 4.69) is 4.98 Å². The van der Waals surface area contributed by atoms with Crippen molar-refractivity contribution in [2.45, 2.75) is 25.2 Å². The summed E-state index contributed by atoms with van der Waals surface area (Å²) in [6.07, 6.45) is 1.32.